The smallest absolute Gasteiger partial charge is 0.223 e. The maximum Gasteiger partial charge on any atom is 0.223 e. The molecule has 1 aliphatic heterocycles. The molecule has 1 heterocycles. The van der Waals surface area contributed by atoms with Crippen molar-refractivity contribution in [3.8, 4) is 0 Å². The van der Waals surface area contributed by atoms with E-state index in [0.717, 1.165) is 37.9 Å². The Hall–Kier alpha value is -1.39. The highest BCUT2D eigenvalue weighted by Gasteiger charge is 2.39. The lowest BCUT2D eigenvalue weighted by Crippen LogP contribution is -2.50. The molecule has 0 bridgehead atoms. The van der Waals surface area contributed by atoms with E-state index in [2.05, 4.69) is 5.32 Å². The van der Waals surface area contributed by atoms with E-state index in [4.69, 9.17) is 4.74 Å². The molecule has 1 saturated heterocycles. The summed E-state index contributed by atoms with van der Waals surface area (Å²) >= 11 is 0. The molecule has 2 unspecified atom stereocenters. The topological polar surface area (TPSA) is 58.6 Å². The fraction of sp³-hybridized carbons (Fsp3) is 0.650. The van der Waals surface area contributed by atoms with Crippen LogP contribution in [-0.2, 0) is 15.1 Å². The summed E-state index contributed by atoms with van der Waals surface area (Å²) in [6, 6.07) is 9.55. The Kier molecular flexibility index (Phi) is 5.26. The lowest BCUT2D eigenvalue weighted by Gasteiger charge is -2.43. The van der Waals surface area contributed by atoms with Gasteiger partial charge in [0.25, 0.3) is 0 Å². The van der Waals surface area contributed by atoms with Gasteiger partial charge < -0.3 is 15.2 Å². The van der Waals surface area contributed by atoms with Crippen LogP contribution >= 0.6 is 0 Å². The van der Waals surface area contributed by atoms with Gasteiger partial charge in [0.05, 0.1) is 17.6 Å². The lowest BCUT2D eigenvalue weighted by atomic mass is 9.78. The number of nitrogens with one attached hydrogen (secondary N) is 1. The summed E-state index contributed by atoms with van der Waals surface area (Å²) in [5.41, 5.74) is -0.383. The van der Waals surface area contributed by atoms with E-state index in [1.54, 1.807) is 6.92 Å². The highest BCUT2D eigenvalue weighted by atomic mass is 16.5. The van der Waals surface area contributed by atoms with E-state index in [1.165, 1.54) is 19.3 Å². The Morgan fingerprint density at radius 2 is 2.00 bits per heavy atom. The second-order valence-electron chi connectivity index (χ2n) is 7.67. The minimum absolute atomic E-state index is 0.0175. The van der Waals surface area contributed by atoms with Crippen LogP contribution in [0.2, 0.25) is 0 Å². The fourth-order valence-corrected chi connectivity index (χ4v) is 4.19. The summed E-state index contributed by atoms with van der Waals surface area (Å²) < 4.78 is 6.09. The predicted molar refractivity (Wildman–Crippen MR) is 93.6 cm³/mol. The molecule has 0 radical (unpaired) electrons. The molecule has 1 aliphatic carbocycles. The number of carbonyl (C=O) groups excluding carboxylic acids is 1. The van der Waals surface area contributed by atoms with E-state index in [1.807, 2.05) is 30.3 Å². The molecule has 4 nitrogen and oxygen atoms in total. The number of hydrogen-bond donors (Lipinski definition) is 2. The first kappa shape index (κ1) is 17.4. The molecule has 24 heavy (non-hydrogen) atoms. The second-order valence-corrected chi connectivity index (χ2v) is 7.67. The Bertz CT molecular complexity index is 544. The minimum atomic E-state index is -1.14. The molecule has 3 rings (SSSR count). The summed E-state index contributed by atoms with van der Waals surface area (Å²) in [6.45, 7) is 2.43. The molecule has 1 saturated carbocycles. The van der Waals surface area contributed by atoms with Crippen LogP contribution < -0.4 is 5.32 Å². The van der Waals surface area contributed by atoms with Gasteiger partial charge >= 0.3 is 0 Å². The molecule has 1 aromatic rings. The molecule has 1 spiro atoms. The quantitative estimate of drug-likeness (QED) is 0.890. The van der Waals surface area contributed by atoms with Gasteiger partial charge in [-0.1, -0.05) is 49.6 Å². The van der Waals surface area contributed by atoms with E-state index < -0.39 is 5.60 Å². The standard InChI is InChI=1S/C20H29NO3/c1-19(23,16-8-4-2-5-9-16)15-18(22)21-17-10-13-24-20(14-17)11-6-3-7-12-20/h2,4-5,8-9,17,23H,3,6-7,10-15H2,1H3,(H,21,22). The van der Waals surface area contributed by atoms with Crippen LogP contribution in [0.3, 0.4) is 0 Å². The highest BCUT2D eigenvalue weighted by Crippen LogP contribution is 2.38. The van der Waals surface area contributed by atoms with Crippen molar-refractivity contribution in [1.29, 1.82) is 0 Å². The first-order valence-electron chi connectivity index (χ1n) is 9.20. The van der Waals surface area contributed by atoms with Gasteiger partial charge in [-0.3, -0.25) is 4.79 Å². The van der Waals surface area contributed by atoms with Gasteiger partial charge in [0, 0.05) is 12.6 Å². The van der Waals surface area contributed by atoms with Crippen molar-refractivity contribution in [1.82, 2.24) is 5.32 Å². The highest BCUT2D eigenvalue weighted by molar-refractivity contribution is 5.77. The summed E-state index contributed by atoms with van der Waals surface area (Å²) in [6.07, 6.45) is 7.83. The van der Waals surface area contributed by atoms with Crippen molar-refractivity contribution in [3.05, 3.63) is 35.9 Å². The van der Waals surface area contributed by atoms with Crippen LogP contribution in [0, 0.1) is 0 Å². The predicted octanol–water partition coefficient (Wildman–Crippen LogP) is 3.28. The molecule has 1 aromatic carbocycles. The number of carbonyl (C=O) groups is 1. The monoisotopic (exact) mass is 331 g/mol. The summed E-state index contributed by atoms with van der Waals surface area (Å²) in [7, 11) is 0. The zero-order chi connectivity index (χ0) is 17.0. The van der Waals surface area contributed by atoms with Crippen molar-refractivity contribution in [2.45, 2.75) is 75.5 Å². The normalized spacial score (nSPS) is 25.8. The van der Waals surface area contributed by atoms with Crippen molar-refractivity contribution in [2.75, 3.05) is 6.61 Å². The van der Waals surface area contributed by atoms with E-state index in [9.17, 15) is 9.90 Å². The Morgan fingerprint density at radius 3 is 2.71 bits per heavy atom. The van der Waals surface area contributed by atoms with E-state index in [-0.39, 0.29) is 24.0 Å². The van der Waals surface area contributed by atoms with Crippen molar-refractivity contribution >= 4 is 5.91 Å². The number of amides is 1. The third-order valence-electron chi connectivity index (χ3n) is 5.52. The van der Waals surface area contributed by atoms with Gasteiger partial charge in [-0.15, -0.1) is 0 Å². The molecule has 2 aliphatic rings. The Morgan fingerprint density at radius 1 is 1.29 bits per heavy atom. The number of hydrogen-bond acceptors (Lipinski definition) is 3. The Labute approximate surface area is 144 Å². The molecule has 0 aromatic heterocycles. The van der Waals surface area contributed by atoms with Crippen LogP contribution in [0.4, 0.5) is 0 Å². The van der Waals surface area contributed by atoms with Crippen LogP contribution in [0.15, 0.2) is 30.3 Å². The fourth-order valence-electron chi connectivity index (χ4n) is 4.19. The van der Waals surface area contributed by atoms with Gasteiger partial charge in [-0.2, -0.15) is 0 Å². The Balaban J connectivity index is 1.56. The molecule has 4 heteroatoms. The third kappa shape index (κ3) is 4.17. The SMILES string of the molecule is CC(O)(CC(=O)NC1CCOC2(CCCCC2)C1)c1ccccc1. The maximum absolute atomic E-state index is 12.5. The summed E-state index contributed by atoms with van der Waals surface area (Å²) in [4.78, 5) is 12.5. The molecule has 2 atom stereocenters. The van der Waals surface area contributed by atoms with E-state index in [0.29, 0.717) is 0 Å². The van der Waals surface area contributed by atoms with Crippen molar-refractivity contribution < 1.29 is 14.6 Å². The molecular formula is C20H29NO3. The molecular weight excluding hydrogens is 302 g/mol. The largest absolute Gasteiger partial charge is 0.385 e. The van der Waals surface area contributed by atoms with E-state index >= 15 is 0 Å². The zero-order valence-electron chi connectivity index (χ0n) is 14.6. The number of ether oxygens (including phenoxy) is 1. The number of aliphatic hydroxyl groups is 1. The van der Waals surface area contributed by atoms with Crippen molar-refractivity contribution in [2.24, 2.45) is 0 Å². The third-order valence-corrected chi connectivity index (χ3v) is 5.52. The number of rotatable bonds is 4. The molecule has 1 amide bonds. The minimum Gasteiger partial charge on any atom is -0.385 e. The summed E-state index contributed by atoms with van der Waals surface area (Å²) in [5.74, 6) is -0.0817. The summed E-state index contributed by atoms with van der Waals surface area (Å²) in [5, 5.41) is 13.8. The van der Waals surface area contributed by atoms with Crippen molar-refractivity contribution in [3.63, 3.8) is 0 Å². The number of benzene rings is 1. The second kappa shape index (κ2) is 7.24. The van der Waals surface area contributed by atoms with Gasteiger partial charge in [-0.25, -0.2) is 0 Å². The van der Waals surface area contributed by atoms with Gasteiger partial charge in [0.2, 0.25) is 5.91 Å². The zero-order valence-corrected chi connectivity index (χ0v) is 14.6. The van der Waals surface area contributed by atoms with Gasteiger partial charge in [0.1, 0.15) is 0 Å². The van der Waals surface area contributed by atoms with Gasteiger partial charge in [0.15, 0.2) is 0 Å². The maximum atomic E-state index is 12.5. The average molecular weight is 331 g/mol. The average Bonchev–Trinajstić information content (AvgIpc) is 2.56. The first-order chi connectivity index (χ1) is 11.5. The first-order valence-corrected chi connectivity index (χ1v) is 9.20. The molecule has 2 fully saturated rings. The van der Waals surface area contributed by atoms with Crippen LogP contribution in [0.25, 0.3) is 0 Å². The van der Waals surface area contributed by atoms with Crippen LogP contribution in [0.5, 0.6) is 0 Å². The molecule has 132 valence electrons. The van der Waals surface area contributed by atoms with Gasteiger partial charge in [-0.05, 0) is 38.2 Å². The van der Waals surface area contributed by atoms with Crippen LogP contribution in [0.1, 0.15) is 63.9 Å². The lowest BCUT2D eigenvalue weighted by molar-refractivity contribution is -0.132. The molecule has 2 N–H and O–H groups in total. The van der Waals surface area contributed by atoms with Crippen LogP contribution in [-0.4, -0.2) is 29.3 Å².